The third-order valence-corrected chi connectivity index (χ3v) is 6.41. The first-order valence-electron chi connectivity index (χ1n) is 9.94. The van der Waals surface area contributed by atoms with Crippen LogP contribution in [0.15, 0.2) is 34.4 Å². The van der Waals surface area contributed by atoms with Crippen molar-refractivity contribution in [1.29, 1.82) is 0 Å². The number of aliphatic imine (C=N–C) groups is 1. The molecule has 30 heavy (non-hydrogen) atoms. The number of carbonyl (C=O) groups excluding carboxylic acids is 1. The Morgan fingerprint density at radius 1 is 1.23 bits per heavy atom. The predicted octanol–water partition coefficient (Wildman–Crippen LogP) is 1.18. The van der Waals surface area contributed by atoms with Gasteiger partial charge in [0.1, 0.15) is 4.90 Å². The molecule has 1 fully saturated rings. The molecule has 3 N–H and O–H groups in total. The van der Waals surface area contributed by atoms with Gasteiger partial charge in [-0.25, -0.2) is 13.1 Å². The SMILES string of the molecule is CCNC(=NCC1(C(=O)N(C)C)CCCC1)NCCNS(=O)(=O)c1cccnc1.I. The molecule has 0 saturated heterocycles. The first kappa shape index (κ1) is 26.6. The molecule has 0 aliphatic heterocycles. The van der Waals surface area contributed by atoms with Gasteiger partial charge < -0.3 is 15.5 Å². The van der Waals surface area contributed by atoms with Gasteiger partial charge in [-0.2, -0.15) is 0 Å². The number of guanidine groups is 1. The lowest BCUT2D eigenvalue weighted by Crippen LogP contribution is -2.44. The van der Waals surface area contributed by atoms with Gasteiger partial charge in [0.25, 0.3) is 0 Å². The van der Waals surface area contributed by atoms with Gasteiger partial charge in [0.15, 0.2) is 5.96 Å². The van der Waals surface area contributed by atoms with Crippen LogP contribution in [0.3, 0.4) is 0 Å². The van der Waals surface area contributed by atoms with Crippen LogP contribution in [0.25, 0.3) is 0 Å². The Labute approximate surface area is 196 Å². The van der Waals surface area contributed by atoms with Gasteiger partial charge in [-0.3, -0.25) is 14.8 Å². The number of rotatable bonds is 9. The van der Waals surface area contributed by atoms with E-state index in [2.05, 4.69) is 25.3 Å². The fourth-order valence-corrected chi connectivity index (χ4v) is 4.49. The molecule has 11 heteroatoms. The van der Waals surface area contributed by atoms with Crippen LogP contribution >= 0.6 is 24.0 Å². The lowest BCUT2D eigenvalue weighted by molar-refractivity contribution is -0.138. The van der Waals surface area contributed by atoms with E-state index >= 15 is 0 Å². The molecular weight excluding hydrogens is 519 g/mol. The third kappa shape index (κ3) is 7.34. The summed E-state index contributed by atoms with van der Waals surface area (Å²) in [6, 6.07) is 3.08. The smallest absolute Gasteiger partial charge is 0.242 e. The minimum atomic E-state index is -3.59. The summed E-state index contributed by atoms with van der Waals surface area (Å²) >= 11 is 0. The second kappa shape index (κ2) is 12.4. The van der Waals surface area contributed by atoms with Gasteiger partial charge in [-0.1, -0.05) is 12.8 Å². The minimum Gasteiger partial charge on any atom is -0.357 e. The normalized spacial score (nSPS) is 15.9. The molecule has 1 aromatic heterocycles. The predicted molar refractivity (Wildman–Crippen MR) is 128 cm³/mol. The summed E-state index contributed by atoms with van der Waals surface area (Å²) in [4.78, 5) is 22.9. The minimum absolute atomic E-state index is 0. The summed E-state index contributed by atoms with van der Waals surface area (Å²) in [6.07, 6.45) is 6.60. The number of nitrogens with zero attached hydrogens (tertiary/aromatic N) is 3. The highest BCUT2D eigenvalue weighted by Gasteiger charge is 2.42. The molecule has 2 rings (SSSR count). The molecule has 0 radical (unpaired) electrons. The fourth-order valence-electron chi connectivity index (χ4n) is 3.49. The lowest BCUT2D eigenvalue weighted by atomic mass is 9.85. The van der Waals surface area contributed by atoms with Crippen molar-refractivity contribution in [2.45, 2.75) is 37.5 Å². The third-order valence-electron chi connectivity index (χ3n) is 4.96. The number of amides is 1. The van der Waals surface area contributed by atoms with E-state index in [0.29, 0.717) is 25.6 Å². The Bertz CT molecular complexity index is 796. The van der Waals surface area contributed by atoms with Gasteiger partial charge in [0.05, 0.1) is 12.0 Å². The van der Waals surface area contributed by atoms with Gasteiger partial charge in [0.2, 0.25) is 15.9 Å². The maximum Gasteiger partial charge on any atom is 0.242 e. The van der Waals surface area contributed by atoms with E-state index in [-0.39, 0.29) is 41.3 Å². The Morgan fingerprint density at radius 2 is 1.93 bits per heavy atom. The Kier molecular flexibility index (Phi) is 11.0. The molecule has 1 heterocycles. The number of carbonyl (C=O) groups is 1. The summed E-state index contributed by atoms with van der Waals surface area (Å²) < 4.78 is 27.0. The summed E-state index contributed by atoms with van der Waals surface area (Å²) in [5.74, 6) is 0.699. The quantitative estimate of drug-likeness (QED) is 0.184. The molecule has 0 aromatic carbocycles. The highest BCUT2D eigenvalue weighted by atomic mass is 127. The van der Waals surface area contributed by atoms with Crippen molar-refractivity contribution in [1.82, 2.24) is 25.2 Å². The molecule has 9 nitrogen and oxygen atoms in total. The first-order chi connectivity index (χ1) is 13.8. The number of pyridine rings is 1. The Balaban J connectivity index is 0.00000450. The monoisotopic (exact) mass is 552 g/mol. The number of sulfonamides is 1. The number of nitrogens with one attached hydrogen (secondary N) is 3. The molecule has 1 saturated carbocycles. The molecule has 1 aliphatic rings. The molecule has 0 bridgehead atoms. The van der Waals surface area contributed by atoms with Gasteiger partial charge >= 0.3 is 0 Å². The zero-order valence-corrected chi connectivity index (χ0v) is 21.0. The summed E-state index contributed by atoms with van der Waals surface area (Å²) in [7, 11) is -0.0260. The lowest BCUT2D eigenvalue weighted by Gasteiger charge is -2.29. The van der Waals surface area contributed by atoms with E-state index in [1.165, 1.54) is 18.5 Å². The maximum absolute atomic E-state index is 12.7. The molecule has 0 unspecified atom stereocenters. The molecule has 1 amide bonds. The zero-order valence-electron chi connectivity index (χ0n) is 17.8. The van der Waals surface area contributed by atoms with E-state index in [1.807, 2.05) is 6.92 Å². The zero-order chi connectivity index (χ0) is 21.3. The van der Waals surface area contributed by atoms with Crippen LogP contribution in [0.2, 0.25) is 0 Å². The first-order valence-corrected chi connectivity index (χ1v) is 11.4. The number of hydrogen-bond donors (Lipinski definition) is 3. The highest BCUT2D eigenvalue weighted by molar-refractivity contribution is 14.0. The van der Waals surface area contributed by atoms with Crippen molar-refractivity contribution in [3.63, 3.8) is 0 Å². The van der Waals surface area contributed by atoms with Crippen LogP contribution in [-0.4, -0.2) is 70.4 Å². The van der Waals surface area contributed by atoms with Crippen molar-refractivity contribution in [2.24, 2.45) is 10.4 Å². The molecular formula is C19H33IN6O3S. The second-order valence-electron chi connectivity index (χ2n) is 7.40. The summed E-state index contributed by atoms with van der Waals surface area (Å²) in [6.45, 7) is 3.60. The van der Waals surface area contributed by atoms with Gasteiger partial charge in [-0.15, -0.1) is 24.0 Å². The Hall–Kier alpha value is -1.47. The van der Waals surface area contributed by atoms with E-state index in [0.717, 1.165) is 25.7 Å². The molecule has 1 aliphatic carbocycles. The number of aromatic nitrogens is 1. The number of hydrogen-bond acceptors (Lipinski definition) is 5. The average molecular weight is 552 g/mol. The molecule has 0 atom stereocenters. The van der Waals surface area contributed by atoms with Crippen LogP contribution in [0.1, 0.15) is 32.6 Å². The van der Waals surface area contributed by atoms with Crippen LogP contribution in [0.5, 0.6) is 0 Å². The molecule has 1 aromatic rings. The largest absolute Gasteiger partial charge is 0.357 e. The molecule has 0 spiro atoms. The second-order valence-corrected chi connectivity index (χ2v) is 9.16. The van der Waals surface area contributed by atoms with Gasteiger partial charge in [0, 0.05) is 46.1 Å². The maximum atomic E-state index is 12.7. The summed E-state index contributed by atoms with van der Waals surface area (Å²) in [5.41, 5.74) is -0.437. The topological polar surface area (TPSA) is 116 Å². The van der Waals surface area contributed by atoms with Crippen LogP contribution in [0, 0.1) is 5.41 Å². The Morgan fingerprint density at radius 3 is 2.50 bits per heavy atom. The highest BCUT2D eigenvalue weighted by Crippen LogP contribution is 2.39. The van der Waals surface area contributed by atoms with Crippen molar-refractivity contribution >= 4 is 45.9 Å². The average Bonchev–Trinajstić information content (AvgIpc) is 3.19. The van der Waals surface area contributed by atoms with Crippen LogP contribution in [0.4, 0.5) is 0 Å². The van der Waals surface area contributed by atoms with Crippen molar-refractivity contribution in [2.75, 3.05) is 40.3 Å². The van der Waals surface area contributed by atoms with Crippen LogP contribution < -0.4 is 15.4 Å². The van der Waals surface area contributed by atoms with Crippen molar-refractivity contribution in [3.8, 4) is 0 Å². The van der Waals surface area contributed by atoms with E-state index in [4.69, 9.17) is 0 Å². The fraction of sp³-hybridized carbons (Fsp3) is 0.632. The van der Waals surface area contributed by atoms with E-state index in [1.54, 1.807) is 25.1 Å². The van der Waals surface area contributed by atoms with E-state index in [9.17, 15) is 13.2 Å². The van der Waals surface area contributed by atoms with Gasteiger partial charge in [-0.05, 0) is 31.9 Å². The molecule has 170 valence electrons. The van der Waals surface area contributed by atoms with Crippen molar-refractivity contribution in [3.05, 3.63) is 24.5 Å². The van der Waals surface area contributed by atoms with Crippen LogP contribution in [-0.2, 0) is 14.8 Å². The standard InChI is InChI=1S/C19H32N6O3S.HI/c1-4-21-18(23-15-19(9-5-6-10-19)17(26)25(2)3)22-12-13-24-29(27,28)16-8-7-11-20-14-16;/h7-8,11,14,24H,4-6,9-10,12-13,15H2,1-3H3,(H2,21,22,23);1H. The summed E-state index contributed by atoms with van der Waals surface area (Å²) in [5, 5.41) is 6.27. The number of halogens is 1. The van der Waals surface area contributed by atoms with E-state index < -0.39 is 15.4 Å². The van der Waals surface area contributed by atoms with Crippen molar-refractivity contribution < 1.29 is 13.2 Å².